The van der Waals surface area contributed by atoms with Crippen molar-refractivity contribution in [2.45, 2.75) is 39.7 Å². The molecular weight excluding hydrogens is 198 g/mol. The van der Waals surface area contributed by atoms with Crippen LogP contribution in [-0.2, 0) is 0 Å². The molecule has 0 unspecified atom stereocenters. The molecule has 0 bridgehead atoms. The Morgan fingerprint density at radius 2 is 2.00 bits per heavy atom. The molecule has 1 rings (SSSR count). The maximum atomic E-state index is 5.62. The summed E-state index contributed by atoms with van der Waals surface area (Å²) in [5.74, 6) is 1.00. The highest BCUT2D eigenvalue weighted by atomic mass is 16.5. The van der Waals surface area contributed by atoms with Gasteiger partial charge in [0.1, 0.15) is 5.75 Å². The highest BCUT2D eigenvalue weighted by Gasteiger charge is 2.09. The highest BCUT2D eigenvalue weighted by molar-refractivity contribution is 5.35. The second kappa shape index (κ2) is 7.29. The summed E-state index contributed by atoms with van der Waals surface area (Å²) in [5, 5.41) is 3.52. The van der Waals surface area contributed by atoms with Gasteiger partial charge in [0.05, 0.1) is 6.61 Å². The Morgan fingerprint density at radius 1 is 1.25 bits per heavy atom. The van der Waals surface area contributed by atoms with Gasteiger partial charge < -0.3 is 10.1 Å². The first kappa shape index (κ1) is 13.0. The number of nitrogens with one attached hydrogen (secondary N) is 1. The molecule has 0 saturated heterocycles. The number of hydrogen-bond acceptors (Lipinski definition) is 2. The molecule has 0 heterocycles. The number of rotatable bonds is 7. The van der Waals surface area contributed by atoms with E-state index in [0.29, 0.717) is 6.04 Å². The minimum atomic E-state index is 0.356. The minimum Gasteiger partial charge on any atom is -0.494 e. The number of para-hydroxylation sites is 1. The van der Waals surface area contributed by atoms with Gasteiger partial charge in [0.25, 0.3) is 0 Å². The molecule has 90 valence electrons. The van der Waals surface area contributed by atoms with Crippen LogP contribution in [0.25, 0.3) is 0 Å². The molecule has 0 aliphatic rings. The number of ether oxygens (including phenoxy) is 1. The van der Waals surface area contributed by atoms with Crippen LogP contribution in [0, 0.1) is 0 Å². The van der Waals surface area contributed by atoms with Gasteiger partial charge in [0, 0.05) is 11.6 Å². The Labute approximate surface area is 99.0 Å². The first-order valence-corrected chi connectivity index (χ1v) is 6.24. The Bertz CT molecular complexity index is 299. The highest BCUT2D eigenvalue weighted by Crippen LogP contribution is 2.24. The summed E-state index contributed by atoms with van der Waals surface area (Å²) in [6.07, 6.45) is 2.45. The average molecular weight is 221 g/mol. The number of benzene rings is 1. The predicted octanol–water partition coefficient (Wildman–Crippen LogP) is 3.54. The molecule has 0 radical (unpaired) electrons. The molecule has 1 aromatic rings. The van der Waals surface area contributed by atoms with E-state index in [1.165, 1.54) is 18.4 Å². The average Bonchev–Trinajstić information content (AvgIpc) is 2.30. The van der Waals surface area contributed by atoms with Gasteiger partial charge in [-0.1, -0.05) is 31.5 Å². The summed E-state index contributed by atoms with van der Waals surface area (Å²) in [5.41, 5.74) is 1.25. The van der Waals surface area contributed by atoms with Gasteiger partial charge in [-0.15, -0.1) is 0 Å². The van der Waals surface area contributed by atoms with Crippen LogP contribution >= 0.6 is 0 Å². The maximum absolute atomic E-state index is 5.62. The fourth-order valence-corrected chi connectivity index (χ4v) is 1.73. The van der Waals surface area contributed by atoms with Crippen LogP contribution in [-0.4, -0.2) is 13.2 Å². The van der Waals surface area contributed by atoms with E-state index in [1.54, 1.807) is 0 Å². The molecule has 0 amide bonds. The van der Waals surface area contributed by atoms with Crippen molar-refractivity contribution in [3.8, 4) is 5.75 Å². The standard InChI is InChI=1S/C14H23NO/c1-4-6-11-15-12(3)13-9-7-8-10-14(13)16-5-2/h7-10,12,15H,4-6,11H2,1-3H3/t12-/m1/s1. The van der Waals surface area contributed by atoms with Crippen molar-refractivity contribution in [3.05, 3.63) is 29.8 Å². The van der Waals surface area contributed by atoms with Crippen molar-refractivity contribution in [1.29, 1.82) is 0 Å². The van der Waals surface area contributed by atoms with Crippen LogP contribution in [0.5, 0.6) is 5.75 Å². The van der Waals surface area contributed by atoms with Crippen LogP contribution in [0.3, 0.4) is 0 Å². The van der Waals surface area contributed by atoms with Crippen LogP contribution in [0.1, 0.15) is 45.2 Å². The topological polar surface area (TPSA) is 21.3 Å². The molecule has 0 aromatic heterocycles. The van der Waals surface area contributed by atoms with Crippen molar-refractivity contribution in [2.75, 3.05) is 13.2 Å². The fourth-order valence-electron chi connectivity index (χ4n) is 1.73. The molecule has 0 aliphatic heterocycles. The Balaban J connectivity index is 2.62. The summed E-state index contributed by atoms with van der Waals surface area (Å²) in [6.45, 7) is 8.21. The third-order valence-electron chi connectivity index (χ3n) is 2.67. The second-order valence-electron chi connectivity index (χ2n) is 4.00. The molecule has 0 aliphatic carbocycles. The summed E-state index contributed by atoms with van der Waals surface area (Å²) in [6, 6.07) is 8.61. The summed E-state index contributed by atoms with van der Waals surface area (Å²) < 4.78 is 5.62. The molecule has 2 heteroatoms. The Kier molecular flexibility index (Phi) is 5.94. The van der Waals surface area contributed by atoms with E-state index in [4.69, 9.17) is 4.74 Å². The summed E-state index contributed by atoms with van der Waals surface area (Å²) in [4.78, 5) is 0. The molecule has 2 nitrogen and oxygen atoms in total. The maximum Gasteiger partial charge on any atom is 0.124 e. The van der Waals surface area contributed by atoms with Crippen LogP contribution in [0.4, 0.5) is 0 Å². The lowest BCUT2D eigenvalue weighted by atomic mass is 10.1. The van der Waals surface area contributed by atoms with Gasteiger partial charge in [-0.2, -0.15) is 0 Å². The van der Waals surface area contributed by atoms with Crippen molar-refractivity contribution < 1.29 is 4.74 Å². The lowest BCUT2D eigenvalue weighted by Gasteiger charge is -2.17. The lowest BCUT2D eigenvalue weighted by Crippen LogP contribution is -2.20. The Hall–Kier alpha value is -1.02. The van der Waals surface area contributed by atoms with E-state index >= 15 is 0 Å². The normalized spacial score (nSPS) is 12.4. The van der Waals surface area contributed by atoms with Gasteiger partial charge in [0.2, 0.25) is 0 Å². The molecule has 0 saturated carbocycles. The van der Waals surface area contributed by atoms with E-state index < -0.39 is 0 Å². The quantitative estimate of drug-likeness (QED) is 0.711. The molecule has 0 fully saturated rings. The summed E-state index contributed by atoms with van der Waals surface area (Å²) in [7, 11) is 0. The molecule has 1 atom stereocenters. The molecule has 1 aromatic carbocycles. The van der Waals surface area contributed by atoms with Crippen molar-refractivity contribution >= 4 is 0 Å². The lowest BCUT2D eigenvalue weighted by molar-refractivity contribution is 0.332. The number of hydrogen-bond donors (Lipinski definition) is 1. The van der Waals surface area contributed by atoms with Gasteiger partial charge in [-0.3, -0.25) is 0 Å². The zero-order chi connectivity index (χ0) is 11.8. The smallest absolute Gasteiger partial charge is 0.124 e. The van der Waals surface area contributed by atoms with Gasteiger partial charge in [-0.25, -0.2) is 0 Å². The van der Waals surface area contributed by atoms with E-state index in [9.17, 15) is 0 Å². The van der Waals surface area contributed by atoms with Crippen molar-refractivity contribution in [3.63, 3.8) is 0 Å². The zero-order valence-electron chi connectivity index (χ0n) is 10.6. The fraction of sp³-hybridized carbons (Fsp3) is 0.571. The third-order valence-corrected chi connectivity index (χ3v) is 2.67. The molecule has 16 heavy (non-hydrogen) atoms. The largest absolute Gasteiger partial charge is 0.494 e. The monoisotopic (exact) mass is 221 g/mol. The van der Waals surface area contributed by atoms with E-state index in [1.807, 2.05) is 19.1 Å². The molecule has 0 spiro atoms. The van der Waals surface area contributed by atoms with E-state index in [2.05, 4.69) is 31.3 Å². The van der Waals surface area contributed by atoms with Gasteiger partial charge >= 0.3 is 0 Å². The SMILES string of the molecule is CCCCN[C@H](C)c1ccccc1OCC. The van der Waals surface area contributed by atoms with Crippen LogP contribution in [0.2, 0.25) is 0 Å². The molecular formula is C14H23NO. The van der Waals surface area contributed by atoms with Crippen LogP contribution in [0.15, 0.2) is 24.3 Å². The third kappa shape index (κ3) is 3.86. The first-order chi connectivity index (χ1) is 7.79. The summed E-state index contributed by atoms with van der Waals surface area (Å²) >= 11 is 0. The molecule has 1 N–H and O–H groups in total. The van der Waals surface area contributed by atoms with Crippen molar-refractivity contribution in [1.82, 2.24) is 5.32 Å². The Morgan fingerprint density at radius 3 is 2.69 bits per heavy atom. The van der Waals surface area contributed by atoms with Gasteiger partial charge in [0.15, 0.2) is 0 Å². The van der Waals surface area contributed by atoms with Crippen LogP contribution < -0.4 is 10.1 Å². The number of unbranched alkanes of at least 4 members (excludes halogenated alkanes) is 1. The van der Waals surface area contributed by atoms with E-state index in [0.717, 1.165) is 18.9 Å². The predicted molar refractivity (Wildman–Crippen MR) is 68.9 cm³/mol. The zero-order valence-corrected chi connectivity index (χ0v) is 10.6. The van der Waals surface area contributed by atoms with Crippen molar-refractivity contribution in [2.24, 2.45) is 0 Å². The second-order valence-corrected chi connectivity index (χ2v) is 4.00. The van der Waals surface area contributed by atoms with E-state index in [-0.39, 0.29) is 0 Å². The minimum absolute atomic E-state index is 0.356. The first-order valence-electron chi connectivity index (χ1n) is 6.24. The van der Waals surface area contributed by atoms with Gasteiger partial charge in [-0.05, 0) is 32.9 Å².